The highest BCUT2D eigenvalue weighted by molar-refractivity contribution is 7.99. The van der Waals surface area contributed by atoms with Crippen molar-refractivity contribution in [2.24, 2.45) is 5.73 Å². The molecule has 0 aromatic carbocycles. The molecule has 0 atom stereocenters. The maximum atomic E-state index is 10.4. The summed E-state index contributed by atoms with van der Waals surface area (Å²) in [5, 5.41) is 3.21. The third-order valence-electron chi connectivity index (χ3n) is 2.26. The number of nitrogens with one attached hydrogen (secondary N) is 1. The Morgan fingerprint density at radius 2 is 2.07 bits per heavy atom. The van der Waals surface area contributed by atoms with E-state index in [4.69, 9.17) is 5.73 Å². The molecule has 0 unspecified atom stereocenters. The van der Waals surface area contributed by atoms with Gasteiger partial charge >= 0.3 is 0 Å². The van der Waals surface area contributed by atoms with Crippen LogP contribution < -0.4 is 11.1 Å². The Hall–Kier alpha value is -0.260. The average Bonchev–Trinajstić information content (AvgIpc) is 2.18. The highest BCUT2D eigenvalue weighted by Gasteiger charge is 2.08. The van der Waals surface area contributed by atoms with Gasteiger partial charge in [0.1, 0.15) is 0 Å². The molecule has 1 rings (SSSR count). The number of hydrogen-bond acceptors (Lipinski definition) is 4. The van der Waals surface area contributed by atoms with Crippen molar-refractivity contribution in [1.82, 2.24) is 10.2 Å². The Labute approximate surface area is 89.6 Å². The molecule has 0 aromatic heterocycles. The Bertz CT molecular complexity index is 171. The van der Waals surface area contributed by atoms with E-state index < -0.39 is 0 Å². The maximum absolute atomic E-state index is 10.4. The fourth-order valence-corrected chi connectivity index (χ4v) is 2.38. The lowest BCUT2D eigenvalue weighted by molar-refractivity contribution is -0.117. The number of primary amides is 1. The van der Waals surface area contributed by atoms with E-state index in [2.05, 4.69) is 10.2 Å². The molecular weight excluding hydrogens is 198 g/mol. The van der Waals surface area contributed by atoms with Crippen molar-refractivity contribution in [3.63, 3.8) is 0 Å². The van der Waals surface area contributed by atoms with Gasteiger partial charge < -0.3 is 16.0 Å². The van der Waals surface area contributed by atoms with Crippen LogP contribution in [-0.4, -0.2) is 55.0 Å². The number of nitrogens with two attached hydrogens (primary N) is 1. The van der Waals surface area contributed by atoms with Crippen LogP contribution in [0, 0.1) is 0 Å². The second kappa shape index (κ2) is 7.09. The number of amides is 1. The van der Waals surface area contributed by atoms with Crippen molar-refractivity contribution in [3.05, 3.63) is 0 Å². The minimum Gasteiger partial charge on any atom is -0.370 e. The van der Waals surface area contributed by atoms with Crippen LogP contribution in [0.25, 0.3) is 0 Å². The van der Waals surface area contributed by atoms with E-state index in [9.17, 15) is 4.79 Å². The molecular formula is C9H19N3OS. The molecule has 1 amide bonds. The molecule has 4 nitrogen and oxygen atoms in total. The van der Waals surface area contributed by atoms with Gasteiger partial charge in [-0.05, 0) is 0 Å². The summed E-state index contributed by atoms with van der Waals surface area (Å²) >= 11 is 2.02. The van der Waals surface area contributed by atoms with Gasteiger partial charge in [-0.2, -0.15) is 11.8 Å². The molecule has 5 heteroatoms. The summed E-state index contributed by atoms with van der Waals surface area (Å²) in [6, 6.07) is 0. The molecule has 0 radical (unpaired) electrons. The van der Waals surface area contributed by atoms with Gasteiger partial charge in [-0.1, -0.05) is 0 Å². The third kappa shape index (κ3) is 5.47. The van der Waals surface area contributed by atoms with Crippen LogP contribution >= 0.6 is 11.8 Å². The topological polar surface area (TPSA) is 58.4 Å². The van der Waals surface area contributed by atoms with Gasteiger partial charge in [0, 0.05) is 50.7 Å². The van der Waals surface area contributed by atoms with Crippen LogP contribution in [-0.2, 0) is 4.79 Å². The van der Waals surface area contributed by atoms with Gasteiger partial charge in [-0.3, -0.25) is 4.79 Å². The van der Waals surface area contributed by atoms with Crippen molar-refractivity contribution in [2.75, 3.05) is 44.2 Å². The molecule has 82 valence electrons. The summed E-state index contributed by atoms with van der Waals surface area (Å²) in [4.78, 5) is 12.9. The number of hydrogen-bond donors (Lipinski definition) is 2. The largest absolute Gasteiger partial charge is 0.370 e. The van der Waals surface area contributed by atoms with E-state index in [1.165, 1.54) is 24.6 Å². The Morgan fingerprint density at radius 3 is 2.71 bits per heavy atom. The monoisotopic (exact) mass is 217 g/mol. The van der Waals surface area contributed by atoms with Gasteiger partial charge in [-0.25, -0.2) is 0 Å². The molecule has 1 fully saturated rings. The van der Waals surface area contributed by atoms with E-state index in [0.29, 0.717) is 13.0 Å². The molecule has 0 saturated carbocycles. The lowest BCUT2D eigenvalue weighted by Gasteiger charge is -2.25. The van der Waals surface area contributed by atoms with Crippen LogP contribution in [0.15, 0.2) is 0 Å². The van der Waals surface area contributed by atoms with E-state index in [1.54, 1.807) is 0 Å². The molecule has 14 heavy (non-hydrogen) atoms. The summed E-state index contributed by atoms with van der Waals surface area (Å²) < 4.78 is 0. The molecule has 0 aliphatic carbocycles. The van der Waals surface area contributed by atoms with E-state index in [-0.39, 0.29) is 5.91 Å². The zero-order chi connectivity index (χ0) is 10.2. The average molecular weight is 217 g/mol. The predicted molar refractivity (Wildman–Crippen MR) is 60.4 cm³/mol. The lowest BCUT2D eigenvalue weighted by Crippen LogP contribution is -2.38. The fraction of sp³-hybridized carbons (Fsp3) is 0.889. The Balaban J connectivity index is 1.90. The molecule has 0 spiro atoms. The zero-order valence-corrected chi connectivity index (χ0v) is 9.31. The third-order valence-corrected chi connectivity index (χ3v) is 3.20. The Kier molecular flexibility index (Phi) is 5.98. The molecule has 1 aliphatic heterocycles. The predicted octanol–water partition coefficient (Wildman–Crippen LogP) is -0.500. The first-order valence-electron chi connectivity index (χ1n) is 5.08. The van der Waals surface area contributed by atoms with E-state index >= 15 is 0 Å². The molecule has 1 aliphatic rings. The number of carbonyl (C=O) groups is 1. The first kappa shape index (κ1) is 11.8. The summed E-state index contributed by atoms with van der Waals surface area (Å²) in [7, 11) is 0. The fourth-order valence-electron chi connectivity index (χ4n) is 1.40. The van der Waals surface area contributed by atoms with Gasteiger partial charge in [0.05, 0.1) is 0 Å². The molecule has 0 bridgehead atoms. The SMILES string of the molecule is NC(=O)CCNCCN1CCSCC1. The van der Waals surface area contributed by atoms with Crippen molar-refractivity contribution in [1.29, 1.82) is 0 Å². The summed E-state index contributed by atoms with van der Waals surface area (Å²) in [5.41, 5.74) is 5.03. The quantitative estimate of drug-likeness (QED) is 0.589. The normalized spacial score (nSPS) is 18.3. The highest BCUT2D eigenvalue weighted by atomic mass is 32.2. The second-order valence-corrected chi connectivity index (χ2v) is 4.65. The van der Waals surface area contributed by atoms with Crippen LogP contribution in [0.4, 0.5) is 0 Å². The number of carbonyl (C=O) groups excluding carboxylic acids is 1. The van der Waals surface area contributed by atoms with Crippen molar-refractivity contribution in [2.45, 2.75) is 6.42 Å². The number of thioether (sulfide) groups is 1. The van der Waals surface area contributed by atoms with Crippen LogP contribution in [0.1, 0.15) is 6.42 Å². The summed E-state index contributed by atoms with van der Waals surface area (Å²) in [5.74, 6) is 2.27. The van der Waals surface area contributed by atoms with Crippen LogP contribution in [0.5, 0.6) is 0 Å². The molecule has 0 aromatic rings. The second-order valence-electron chi connectivity index (χ2n) is 3.42. The van der Waals surface area contributed by atoms with Crippen molar-refractivity contribution < 1.29 is 4.79 Å². The van der Waals surface area contributed by atoms with E-state index in [0.717, 1.165) is 13.1 Å². The molecule has 3 N–H and O–H groups in total. The smallest absolute Gasteiger partial charge is 0.218 e. The first-order chi connectivity index (χ1) is 6.79. The maximum Gasteiger partial charge on any atom is 0.218 e. The zero-order valence-electron chi connectivity index (χ0n) is 8.50. The lowest BCUT2D eigenvalue weighted by atomic mass is 10.4. The van der Waals surface area contributed by atoms with E-state index in [1.807, 2.05) is 11.8 Å². The standard InChI is InChI=1S/C9H19N3OS/c10-9(13)1-2-11-3-4-12-5-7-14-8-6-12/h11H,1-8H2,(H2,10,13). The molecule has 1 heterocycles. The van der Waals surface area contributed by atoms with Gasteiger partial charge in [-0.15, -0.1) is 0 Å². The summed E-state index contributed by atoms with van der Waals surface area (Å²) in [6.45, 7) is 5.14. The number of rotatable bonds is 6. The highest BCUT2D eigenvalue weighted by Crippen LogP contribution is 2.07. The van der Waals surface area contributed by atoms with Crippen LogP contribution in [0.3, 0.4) is 0 Å². The Morgan fingerprint density at radius 1 is 1.36 bits per heavy atom. The van der Waals surface area contributed by atoms with Gasteiger partial charge in [0.15, 0.2) is 0 Å². The van der Waals surface area contributed by atoms with Gasteiger partial charge in [0.25, 0.3) is 0 Å². The number of nitrogens with zero attached hydrogens (tertiary/aromatic N) is 1. The first-order valence-corrected chi connectivity index (χ1v) is 6.23. The summed E-state index contributed by atoms with van der Waals surface area (Å²) in [6.07, 6.45) is 0.440. The van der Waals surface area contributed by atoms with Crippen LogP contribution in [0.2, 0.25) is 0 Å². The minimum atomic E-state index is -0.230. The van der Waals surface area contributed by atoms with Crippen molar-refractivity contribution >= 4 is 17.7 Å². The van der Waals surface area contributed by atoms with Gasteiger partial charge in [0.2, 0.25) is 5.91 Å². The van der Waals surface area contributed by atoms with Crippen molar-refractivity contribution in [3.8, 4) is 0 Å². The molecule has 1 saturated heterocycles. The minimum absolute atomic E-state index is 0.230.